The maximum Gasteiger partial charge on any atom is 0.263 e. The number of nitrogens with zero attached hydrogens (tertiary/aromatic N) is 3. The Kier molecular flexibility index (Phi) is 4.97. The first-order valence-electron chi connectivity index (χ1n) is 5.62. The van der Waals surface area contributed by atoms with Crippen LogP contribution in [-0.2, 0) is 17.1 Å². The Bertz CT molecular complexity index is 464. The van der Waals surface area contributed by atoms with Gasteiger partial charge in [-0.1, -0.05) is 25.4 Å². The summed E-state index contributed by atoms with van der Waals surface area (Å²) < 4.78 is 27.5. The number of hydrogen-bond acceptors (Lipinski definition) is 3. The molecule has 5 nitrogen and oxygen atoms in total. The van der Waals surface area contributed by atoms with Crippen LogP contribution in [0.4, 0.5) is 0 Å². The molecule has 0 N–H and O–H groups in total. The van der Waals surface area contributed by atoms with E-state index in [1.54, 1.807) is 7.05 Å². The molecule has 0 amide bonds. The molecule has 1 rings (SSSR count). The zero-order chi connectivity index (χ0) is 13.1. The van der Waals surface area contributed by atoms with E-state index in [0.29, 0.717) is 13.1 Å². The SMILES string of the molecule is CCCN(CCC)S(=O)(=O)c1ncn(C)c1Cl. The fraction of sp³-hybridized carbons (Fsp3) is 0.700. The number of halogens is 1. The summed E-state index contributed by atoms with van der Waals surface area (Å²) in [5.41, 5.74) is 0. The Hall–Kier alpha value is -0.590. The number of aryl methyl sites for hydroxylation is 1. The van der Waals surface area contributed by atoms with E-state index < -0.39 is 10.0 Å². The molecule has 7 heteroatoms. The number of rotatable bonds is 6. The van der Waals surface area contributed by atoms with Crippen molar-refractivity contribution < 1.29 is 8.42 Å². The van der Waals surface area contributed by atoms with Crippen molar-refractivity contribution in [1.29, 1.82) is 0 Å². The molecule has 1 aromatic rings. The van der Waals surface area contributed by atoms with Crippen LogP contribution in [0.25, 0.3) is 0 Å². The van der Waals surface area contributed by atoms with Gasteiger partial charge in [0.15, 0.2) is 0 Å². The van der Waals surface area contributed by atoms with Crippen molar-refractivity contribution in [2.75, 3.05) is 13.1 Å². The zero-order valence-electron chi connectivity index (χ0n) is 10.4. The third kappa shape index (κ3) is 3.00. The molecule has 1 aromatic heterocycles. The molecular formula is C10H18ClN3O2S. The molecule has 0 aliphatic heterocycles. The molecule has 0 saturated heterocycles. The topological polar surface area (TPSA) is 55.2 Å². The summed E-state index contributed by atoms with van der Waals surface area (Å²) in [6.45, 7) is 4.86. The lowest BCUT2D eigenvalue weighted by molar-refractivity contribution is 0.408. The second-order valence-electron chi connectivity index (χ2n) is 3.86. The highest BCUT2D eigenvalue weighted by Gasteiger charge is 2.28. The fourth-order valence-corrected chi connectivity index (χ4v) is 3.55. The number of hydrogen-bond donors (Lipinski definition) is 0. The third-order valence-electron chi connectivity index (χ3n) is 2.36. The van der Waals surface area contributed by atoms with Gasteiger partial charge < -0.3 is 4.57 Å². The third-order valence-corrected chi connectivity index (χ3v) is 4.75. The molecule has 98 valence electrons. The first-order valence-corrected chi connectivity index (χ1v) is 7.43. The highest BCUT2D eigenvalue weighted by molar-refractivity contribution is 7.89. The molecular weight excluding hydrogens is 262 g/mol. The normalized spacial score (nSPS) is 12.3. The average Bonchev–Trinajstić information content (AvgIpc) is 2.60. The minimum atomic E-state index is -3.57. The quantitative estimate of drug-likeness (QED) is 0.799. The second-order valence-corrected chi connectivity index (χ2v) is 6.07. The average molecular weight is 280 g/mol. The molecule has 0 fully saturated rings. The molecule has 0 radical (unpaired) electrons. The summed E-state index contributed by atoms with van der Waals surface area (Å²) in [5, 5.41) is 0.103. The van der Waals surface area contributed by atoms with Gasteiger partial charge in [0.25, 0.3) is 10.0 Å². The van der Waals surface area contributed by atoms with Crippen LogP contribution in [0.3, 0.4) is 0 Å². The fourth-order valence-electron chi connectivity index (χ4n) is 1.54. The lowest BCUT2D eigenvalue weighted by atomic mass is 10.4. The monoisotopic (exact) mass is 279 g/mol. The summed E-state index contributed by atoms with van der Waals surface area (Å²) in [4.78, 5) is 3.87. The second kappa shape index (κ2) is 5.84. The van der Waals surface area contributed by atoms with Gasteiger partial charge in [-0.3, -0.25) is 0 Å². The first kappa shape index (κ1) is 14.5. The van der Waals surface area contributed by atoms with Crippen LogP contribution in [-0.4, -0.2) is 35.4 Å². The van der Waals surface area contributed by atoms with Crippen molar-refractivity contribution in [3.05, 3.63) is 11.5 Å². The van der Waals surface area contributed by atoms with Gasteiger partial charge in [0, 0.05) is 20.1 Å². The highest BCUT2D eigenvalue weighted by Crippen LogP contribution is 2.22. The van der Waals surface area contributed by atoms with Gasteiger partial charge in [-0.2, -0.15) is 4.31 Å². The van der Waals surface area contributed by atoms with Crippen molar-refractivity contribution in [2.24, 2.45) is 7.05 Å². The molecule has 0 atom stereocenters. The van der Waals surface area contributed by atoms with Crippen molar-refractivity contribution >= 4 is 21.6 Å². The number of imidazole rings is 1. The van der Waals surface area contributed by atoms with Crippen molar-refractivity contribution in [3.8, 4) is 0 Å². The molecule has 0 aliphatic rings. The Morgan fingerprint density at radius 1 is 1.35 bits per heavy atom. The van der Waals surface area contributed by atoms with Crippen LogP contribution in [0.15, 0.2) is 11.4 Å². The molecule has 0 saturated carbocycles. The lowest BCUT2D eigenvalue weighted by Gasteiger charge is -2.19. The molecule has 0 unspecified atom stereocenters. The van der Waals surface area contributed by atoms with Gasteiger partial charge in [0.2, 0.25) is 5.03 Å². The molecule has 0 bridgehead atoms. The van der Waals surface area contributed by atoms with E-state index in [4.69, 9.17) is 11.6 Å². The van der Waals surface area contributed by atoms with Gasteiger partial charge in [-0.05, 0) is 12.8 Å². The summed E-state index contributed by atoms with van der Waals surface area (Å²) in [6.07, 6.45) is 2.94. The van der Waals surface area contributed by atoms with E-state index in [0.717, 1.165) is 12.8 Å². The van der Waals surface area contributed by atoms with Crippen molar-refractivity contribution in [2.45, 2.75) is 31.7 Å². The Balaban J connectivity index is 3.11. The van der Waals surface area contributed by atoms with Crippen LogP contribution in [0.1, 0.15) is 26.7 Å². The van der Waals surface area contributed by atoms with Crippen LogP contribution in [0, 0.1) is 0 Å². The largest absolute Gasteiger partial charge is 0.324 e. The van der Waals surface area contributed by atoms with E-state index in [1.807, 2.05) is 13.8 Å². The molecule has 0 spiro atoms. The van der Waals surface area contributed by atoms with E-state index in [2.05, 4.69) is 4.98 Å². The minimum Gasteiger partial charge on any atom is -0.324 e. The van der Waals surface area contributed by atoms with E-state index in [1.165, 1.54) is 15.2 Å². The molecule has 1 heterocycles. The van der Waals surface area contributed by atoms with E-state index >= 15 is 0 Å². The molecule has 0 aromatic carbocycles. The number of sulfonamides is 1. The van der Waals surface area contributed by atoms with Gasteiger partial charge in [-0.25, -0.2) is 13.4 Å². The molecule has 17 heavy (non-hydrogen) atoms. The van der Waals surface area contributed by atoms with Gasteiger partial charge in [0.05, 0.1) is 6.33 Å². The van der Waals surface area contributed by atoms with E-state index in [-0.39, 0.29) is 10.2 Å². The minimum absolute atomic E-state index is 0.0523. The summed E-state index contributed by atoms with van der Waals surface area (Å²) in [7, 11) is -1.90. The standard InChI is InChI=1S/C10H18ClN3O2S/c1-4-6-14(7-5-2)17(15,16)10-9(11)13(3)8-12-10/h8H,4-7H2,1-3H3. The summed E-state index contributed by atoms with van der Waals surface area (Å²) in [6, 6.07) is 0. The van der Waals surface area contributed by atoms with Crippen LogP contribution in [0.2, 0.25) is 5.15 Å². The Labute approximate surface area is 107 Å². The van der Waals surface area contributed by atoms with Crippen LogP contribution >= 0.6 is 11.6 Å². The number of aromatic nitrogens is 2. The summed E-state index contributed by atoms with van der Waals surface area (Å²) in [5.74, 6) is 0. The summed E-state index contributed by atoms with van der Waals surface area (Å²) >= 11 is 5.93. The van der Waals surface area contributed by atoms with Gasteiger partial charge >= 0.3 is 0 Å². The maximum absolute atomic E-state index is 12.3. The first-order chi connectivity index (χ1) is 7.95. The predicted octanol–water partition coefficient (Wildman–Crippen LogP) is 1.88. The van der Waals surface area contributed by atoms with Crippen LogP contribution in [0.5, 0.6) is 0 Å². The Morgan fingerprint density at radius 3 is 2.24 bits per heavy atom. The smallest absolute Gasteiger partial charge is 0.263 e. The predicted molar refractivity (Wildman–Crippen MR) is 67.6 cm³/mol. The van der Waals surface area contributed by atoms with Crippen molar-refractivity contribution in [1.82, 2.24) is 13.9 Å². The molecule has 0 aliphatic carbocycles. The van der Waals surface area contributed by atoms with Crippen LogP contribution < -0.4 is 0 Å². The maximum atomic E-state index is 12.3. The van der Waals surface area contributed by atoms with Gasteiger partial charge in [-0.15, -0.1) is 0 Å². The highest BCUT2D eigenvalue weighted by atomic mass is 35.5. The van der Waals surface area contributed by atoms with Crippen molar-refractivity contribution in [3.63, 3.8) is 0 Å². The lowest BCUT2D eigenvalue weighted by Crippen LogP contribution is -2.33. The van der Waals surface area contributed by atoms with E-state index in [9.17, 15) is 8.42 Å². The van der Waals surface area contributed by atoms with Gasteiger partial charge in [0.1, 0.15) is 5.15 Å². The Morgan fingerprint density at radius 2 is 1.88 bits per heavy atom. The zero-order valence-corrected chi connectivity index (χ0v) is 11.9.